The minimum Gasteiger partial charge on any atom is -0.489 e. The van der Waals surface area contributed by atoms with Gasteiger partial charge in [0, 0.05) is 18.2 Å². The smallest absolute Gasteiger partial charge is 0.226 e. The minimum atomic E-state index is -0.0160. The van der Waals surface area contributed by atoms with Crippen LogP contribution in [0.3, 0.4) is 0 Å². The van der Waals surface area contributed by atoms with E-state index in [0.29, 0.717) is 24.1 Å². The Kier molecular flexibility index (Phi) is 7.92. The highest BCUT2D eigenvalue weighted by molar-refractivity contribution is 7.80. The summed E-state index contributed by atoms with van der Waals surface area (Å²) in [7, 11) is 0. The molecule has 1 amide bonds. The normalized spacial score (nSPS) is 14.6. The Balaban J connectivity index is 1.74. The van der Waals surface area contributed by atoms with Crippen molar-refractivity contribution in [3.05, 3.63) is 36.4 Å². The molecule has 0 unspecified atom stereocenters. The van der Waals surface area contributed by atoms with E-state index in [0.717, 1.165) is 23.4 Å². The first-order valence-electron chi connectivity index (χ1n) is 9.01. The lowest BCUT2D eigenvalue weighted by atomic mass is 9.86. The van der Waals surface area contributed by atoms with Crippen LogP contribution in [0.5, 0.6) is 5.75 Å². The maximum absolute atomic E-state index is 12.1. The van der Waals surface area contributed by atoms with Crippen LogP contribution in [0.4, 0.5) is 5.69 Å². The van der Waals surface area contributed by atoms with Crippen molar-refractivity contribution in [2.45, 2.75) is 51.9 Å². The van der Waals surface area contributed by atoms with Gasteiger partial charge >= 0.3 is 0 Å². The predicted molar refractivity (Wildman–Crippen MR) is 107 cm³/mol. The Morgan fingerprint density at radius 1 is 1.32 bits per heavy atom. The highest BCUT2D eigenvalue weighted by atomic mass is 32.1. The average molecular weight is 361 g/mol. The summed E-state index contributed by atoms with van der Waals surface area (Å²) in [5.41, 5.74) is 1.75. The standard InChI is InChI=1S/C20H28N2O2S/c1-15(2)14-24-18-10-6-9-17(13-18)21-20(25)22-19(23)12-11-16-7-4-3-5-8-16/h6,9-10,13,16H,1,3-5,7-8,11-12,14H2,2H3,(H2,21,22,23,25). The summed E-state index contributed by atoms with van der Waals surface area (Å²) in [5.74, 6) is 1.42. The summed E-state index contributed by atoms with van der Waals surface area (Å²) in [6, 6.07) is 7.49. The van der Waals surface area contributed by atoms with E-state index in [1.165, 1.54) is 32.1 Å². The van der Waals surface area contributed by atoms with Gasteiger partial charge in [0.05, 0.1) is 0 Å². The molecule has 2 N–H and O–H groups in total. The van der Waals surface area contributed by atoms with E-state index in [1.54, 1.807) is 0 Å². The van der Waals surface area contributed by atoms with Crippen LogP contribution in [0, 0.1) is 5.92 Å². The topological polar surface area (TPSA) is 50.4 Å². The van der Waals surface area contributed by atoms with Crippen molar-refractivity contribution in [3.63, 3.8) is 0 Å². The average Bonchev–Trinajstić information content (AvgIpc) is 2.59. The van der Waals surface area contributed by atoms with Crippen molar-refractivity contribution in [2.24, 2.45) is 5.92 Å². The first kappa shape index (κ1) is 19.4. The number of rotatable bonds is 7. The van der Waals surface area contributed by atoms with Crippen molar-refractivity contribution < 1.29 is 9.53 Å². The van der Waals surface area contributed by atoms with Gasteiger partial charge in [0.2, 0.25) is 5.91 Å². The van der Waals surface area contributed by atoms with Crippen LogP contribution in [0.25, 0.3) is 0 Å². The highest BCUT2D eigenvalue weighted by Gasteiger charge is 2.15. The van der Waals surface area contributed by atoms with Crippen LogP contribution >= 0.6 is 12.2 Å². The lowest BCUT2D eigenvalue weighted by Crippen LogP contribution is -2.34. The number of carbonyl (C=O) groups is 1. The number of benzene rings is 1. The van der Waals surface area contributed by atoms with E-state index in [1.807, 2.05) is 31.2 Å². The molecular weight excluding hydrogens is 332 g/mol. The number of carbonyl (C=O) groups excluding carboxylic acids is 1. The lowest BCUT2D eigenvalue weighted by Gasteiger charge is -2.21. The van der Waals surface area contributed by atoms with Crippen LogP contribution in [-0.4, -0.2) is 17.6 Å². The van der Waals surface area contributed by atoms with Gasteiger partial charge in [0.25, 0.3) is 0 Å². The van der Waals surface area contributed by atoms with Gasteiger partial charge in [-0.3, -0.25) is 4.79 Å². The zero-order valence-corrected chi connectivity index (χ0v) is 15.8. The number of thiocarbonyl (C=S) groups is 1. The Bertz CT molecular complexity index is 609. The zero-order valence-electron chi connectivity index (χ0n) is 15.0. The number of hydrogen-bond acceptors (Lipinski definition) is 3. The van der Waals surface area contributed by atoms with Crippen molar-refractivity contribution in [1.82, 2.24) is 5.32 Å². The monoisotopic (exact) mass is 360 g/mol. The number of anilines is 1. The molecule has 136 valence electrons. The SMILES string of the molecule is C=C(C)COc1cccc(NC(=S)NC(=O)CCC2CCCCC2)c1. The van der Waals surface area contributed by atoms with E-state index in [4.69, 9.17) is 17.0 Å². The third-order valence-corrected chi connectivity index (χ3v) is 4.54. The van der Waals surface area contributed by atoms with Gasteiger partial charge < -0.3 is 15.4 Å². The number of ether oxygens (including phenoxy) is 1. The minimum absolute atomic E-state index is 0.0160. The van der Waals surface area contributed by atoms with Gasteiger partial charge in [0.15, 0.2) is 5.11 Å². The van der Waals surface area contributed by atoms with Gasteiger partial charge in [-0.05, 0) is 49.2 Å². The van der Waals surface area contributed by atoms with E-state index in [-0.39, 0.29) is 5.91 Å². The van der Waals surface area contributed by atoms with Crippen LogP contribution in [0.2, 0.25) is 0 Å². The number of amides is 1. The summed E-state index contributed by atoms with van der Waals surface area (Å²) in [6.45, 7) is 6.21. The molecule has 25 heavy (non-hydrogen) atoms. The molecule has 0 spiro atoms. The Hall–Kier alpha value is -1.88. The maximum atomic E-state index is 12.1. The van der Waals surface area contributed by atoms with E-state index in [2.05, 4.69) is 17.2 Å². The molecule has 0 radical (unpaired) electrons. The summed E-state index contributed by atoms with van der Waals surface area (Å²) in [4.78, 5) is 12.1. The molecule has 0 atom stereocenters. The quantitative estimate of drug-likeness (QED) is 0.541. The maximum Gasteiger partial charge on any atom is 0.226 e. The van der Waals surface area contributed by atoms with Gasteiger partial charge in [0.1, 0.15) is 12.4 Å². The largest absolute Gasteiger partial charge is 0.489 e. The van der Waals surface area contributed by atoms with Gasteiger partial charge in [-0.15, -0.1) is 0 Å². The van der Waals surface area contributed by atoms with Crippen LogP contribution < -0.4 is 15.4 Å². The Morgan fingerprint density at radius 2 is 2.08 bits per heavy atom. The van der Waals surface area contributed by atoms with Gasteiger partial charge in [-0.25, -0.2) is 0 Å². The van der Waals surface area contributed by atoms with Crippen LogP contribution in [-0.2, 0) is 4.79 Å². The van der Waals surface area contributed by atoms with Crippen molar-refractivity contribution in [3.8, 4) is 5.75 Å². The summed E-state index contributed by atoms with van der Waals surface area (Å²) < 4.78 is 5.61. The fraction of sp³-hybridized carbons (Fsp3) is 0.500. The molecule has 1 saturated carbocycles. The molecule has 5 heteroatoms. The zero-order chi connectivity index (χ0) is 18.1. The van der Waals surface area contributed by atoms with E-state index >= 15 is 0 Å². The fourth-order valence-electron chi connectivity index (χ4n) is 3.03. The molecule has 0 aromatic heterocycles. The van der Waals surface area contributed by atoms with Crippen LogP contribution in [0.1, 0.15) is 51.9 Å². The molecule has 0 heterocycles. The Labute approximate surface area is 156 Å². The second kappa shape index (κ2) is 10.2. The fourth-order valence-corrected chi connectivity index (χ4v) is 3.26. The summed E-state index contributed by atoms with van der Waals surface area (Å²) in [6.07, 6.45) is 7.95. The highest BCUT2D eigenvalue weighted by Crippen LogP contribution is 2.27. The molecule has 1 aliphatic carbocycles. The second-order valence-corrected chi connectivity index (χ2v) is 7.23. The first-order chi connectivity index (χ1) is 12.0. The molecule has 0 aliphatic heterocycles. The molecule has 4 nitrogen and oxygen atoms in total. The molecule has 1 aromatic rings. The molecule has 2 rings (SSSR count). The van der Waals surface area contributed by atoms with Crippen molar-refractivity contribution >= 4 is 28.9 Å². The summed E-state index contributed by atoms with van der Waals surface area (Å²) >= 11 is 5.23. The molecule has 1 fully saturated rings. The number of hydrogen-bond donors (Lipinski definition) is 2. The van der Waals surface area contributed by atoms with Crippen molar-refractivity contribution in [2.75, 3.05) is 11.9 Å². The van der Waals surface area contributed by atoms with Crippen molar-refractivity contribution in [1.29, 1.82) is 0 Å². The molecule has 0 bridgehead atoms. The summed E-state index contributed by atoms with van der Waals surface area (Å²) in [5, 5.41) is 6.12. The second-order valence-electron chi connectivity index (χ2n) is 6.82. The molecule has 0 saturated heterocycles. The third-order valence-electron chi connectivity index (χ3n) is 4.33. The Morgan fingerprint density at radius 3 is 2.80 bits per heavy atom. The lowest BCUT2D eigenvalue weighted by molar-refractivity contribution is -0.120. The van der Waals surface area contributed by atoms with E-state index in [9.17, 15) is 4.79 Å². The molecular formula is C20H28N2O2S. The van der Waals surface area contributed by atoms with Crippen LogP contribution in [0.15, 0.2) is 36.4 Å². The number of nitrogens with one attached hydrogen (secondary N) is 2. The molecule has 1 aliphatic rings. The predicted octanol–water partition coefficient (Wildman–Crippen LogP) is 4.82. The van der Waals surface area contributed by atoms with E-state index < -0.39 is 0 Å². The molecule has 1 aromatic carbocycles. The van der Waals surface area contributed by atoms with Gasteiger partial charge in [-0.1, -0.05) is 44.7 Å². The third kappa shape index (κ3) is 7.69. The van der Waals surface area contributed by atoms with Gasteiger partial charge in [-0.2, -0.15) is 0 Å². The first-order valence-corrected chi connectivity index (χ1v) is 9.42.